The molecule has 0 aliphatic heterocycles. The summed E-state index contributed by atoms with van der Waals surface area (Å²) in [6.45, 7) is 8.37. The zero-order chi connectivity index (χ0) is 28.4. The van der Waals surface area contributed by atoms with Gasteiger partial charge in [0.1, 0.15) is 12.1 Å². The number of aryl methyl sites for hydroxylation is 2. The van der Waals surface area contributed by atoms with E-state index in [1.54, 1.807) is 20.8 Å². The van der Waals surface area contributed by atoms with Crippen molar-refractivity contribution in [2.45, 2.75) is 53.1 Å². The average Bonchev–Trinajstić information content (AvgIpc) is 3.13. The molecule has 3 amide bonds. The van der Waals surface area contributed by atoms with E-state index in [-0.39, 0.29) is 25.4 Å². The van der Waals surface area contributed by atoms with Crippen molar-refractivity contribution in [2.75, 3.05) is 19.6 Å². The smallest absolute Gasteiger partial charge is 0.325 e. The Morgan fingerprint density at radius 1 is 1.05 bits per heavy atom. The van der Waals surface area contributed by atoms with E-state index in [4.69, 9.17) is 10.1 Å². The van der Waals surface area contributed by atoms with E-state index in [2.05, 4.69) is 59.6 Å². The van der Waals surface area contributed by atoms with Gasteiger partial charge in [0.05, 0.1) is 19.3 Å². The molecule has 1 aromatic carbocycles. The molecule has 4 N–H and O–H groups in total. The molecule has 216 valence electrons. The van der Waals surface area contributed by atoms with Gasteiger partial charge in [-0.15, -0.1) is 0 Å². The molecule has 12 heteroatoms. The van der Waals surface area contributed by atoms with Gasteiger partial charge in [0.2, 0.25) is 11.8 Å². The Labute approximate surface area is 217 Å². The Hall–Kier alpha value is -5.02. The molecule has 0 bridgehead atoms. The summed E-state index contributed by atoms with van der Waals surface area (Å²) < 4.78 is 7.13. The minimum absolute atomic E-state index is 0. The zero-order valence-corrected chi connectivity index (χ0v) is 25.1. The van der Waals surface area contributed by atoms with Crippen LogP contribution in [0.3, 0.4) is 0 Å². The third-order valence-electron chi connectivity index (χ3n) is 4.37. The van der Waals surface area contributed by atoms with Gasteiger partial charge < -0.3 is 35.5 Å². The third-order valence-corrected chi connectivity index (χ3v) is 4.37. The van der Waals surface area contributed by atoms with E-state index in [0.717, 1.165) is 12.6 Å². The standard InChI is InChI=1S/C11H18N3O5.C10H11N.C5H9NO.Fm/c1-11(2,3)19-10(18)6-14-9(17)5-13-8(16)4-12-7-15;1-8-7-11(2)10-6-4-3-5-9(8)10;1-2-3-5(7)4-6;/h4-6H2,1-3H3,(H,12,15)(H,13,16)(H,14,17);3-7H,1-2H3;4,6H,2-3H2,1H3;/q-1;;;. The van der Waals surface area contributed by atoms with Gasteiger partial charge in [-0.3, -0.25) is 19.2 Å². The van der Waals surface area contributed by atoms with Crippen molar-refractivity contribution in [1.82, 2.24) is 20.5 Å². The van der Waals surface area contributed by atoms with Crippen LogP contribution >= 0.6 is 0 Å². The molecular weight excluding hydrogens is 735 g/mol. The maximum Gasteiger partial charge on any atom is 0.325 e. The van der Waals surface area contributed by atoms with Crippen molar-refractivity contribution >= 4 is 47.1 Å². The predicted octanol–water partition coefficient (Wildman–Crippen LogP) is 1.71. The molecule has 0 fully saturated rings. The van der Waals surface area contributed by atoms with Crippen LogP contribution < -0.4 is 16.0 Å². The maximum atomic E-state index is 11.3. The van der Waals surface area contributed by atoms with Crippen LogP contribution in [-0.4, -0.2) is 66.0 Å². The number of nitrogens with one attached hydrogen (secondary N) is 4. The fourth-order valence-electron chi connectivity index (χ4n) is 2.83. The molecule has 11 nitrogen and oxygen atoms in total. The third kappa shape index (κ3) is 15.8. The number of esters is 1. The monoisotopic (exact) mass is 773 g/mol. The number of benzene rings is 1. The molecule has 38 heavy (non-hydrogen) atoms. The molecule has 0 saturated carbocycles. The Balaban J connectivity index is 0. The molecule has 2 rings (SSSR count). The van der Waals surface area contributed by atoms with E-state index in [1.165, 1.54) is 22.9 Å². The number of fused-ring (bicyclic) bond motifs is 1. The van der Waals surface area contributed by atoms with Gasteiger partial charge in [-0.25, -0.2) is 0 Å². The van der Waals surface area contributed by atoms with Crippen molar-refractivity contribution in [3.63, 3.8) is 0 Å². The number of para-hydroxylation sites is 1. The second kappa shape index (κ2) is 18.3. The summed E-state index contributed by atoms with van der Waals surface area (Å²) in [7, 11) is 2.08. The van der Waals surface area contributed by atoms with Gasteiger partial charge in [-0.05, 0) is 45.7 Å². The molecule has 0 saturated heterocycles. The summed E-state index contributed by atoms with van der Waals surface area (Å²) in [6.07, 6.45) is 5.71. The van der Waals surface area contributed by atoms with Crippen LogP contribution in [0, 0.1) is 12.3 Å². The quantitative estimate of drug-likeness (QED) is 0.125. The maximum absolute atomic E-state index is 11.3. The first-order valence-electron chi connectivity index (χ1n) is 11.7. The number of ether oxygens (including phenoxy) is 1. The number of hydrogen-bond acceptors (Lipinski definition) is 7. The van der Waals surface area contributed by atoms with Crippen molar-refractivity contribution in [3.05, 3.63) is 36.0 Å². The van der Waals surface area contributed by atoms with E-state index in [9.17, 15) is 24.0 Å². The van der Waals surface area contributed by atoms with Gasteiger partial charge in [-0.2, -0.15) is 6.41 Å². The first-order valence-corrected chi connectivity index (χ1v) is 11.7. The number of rotatable bonds is 10. The normalized spacial score (nSPS) is 9.74. The van der Waals surface area contributed by atoms with Crippen LogP contribution in [0.5, 0.6) is 0 Å². The molecule has 2 aromatic rings. The molecule has 0 aliphatic carbocycles. The van der Waals surface area contributed by atoms with E-state index >= 15 is 0 Å². The van der Waals surface area contributed by atoms with E-state index in [0.29, 0.717) is 6.42 Å². The van der Waals surface area contributed by atoms with Gasteiger partial charge >= 0.3 is 5.97 Å². The Bertz CT molecular complexity index is 1030. The number of amides is 3. The summed E-state index contributed by atoms with van der Waals surface area (Å²) in [6, 6.07) is 8.45. The molecule has 0 aliphatic rings. The number of aromatic nitrogens is 1. The Kier molecular flexibility index (Phi) is 16.9. The van der Waals surface area contributed by atoms with Crippen molar-refractivity contribution < 1.29 is 28.7 Å². The average molecular weight is 774 g/mol. The Morgan fingerprint density at radius 2 is 1.63 bits per heavy atom. The zero-order valence-electron chi connectivity index (χ0n) is 22.7. The predicted molar refractivity (Wildman–Crippen MR) is 142 cm³/mol. The van der Waals surface area contributed by atoms with Gasteiger partial charge in [0, 0.05) is 30.6 Å². The molecule has 0 atom stereocenters. The number of Topliss-reactive ketones (excluding diaryl/α,β-unsaturated/α-hetero) is 1. The second-order valence-electron chi connectivity index (χ2n) is 8.90. The number of hydrogen-bond donors (Lipinski definition) is 4. The fourth-order valence-corrected chi connectivity index (χ4v) is 2.83. The first kappa shape index (κ1) is 35.1. The molecule has 1 heterocycles. The summed E-state index contributed by atoms with van der Waals surface area (Å²) in [5, 5.41) is 14.4. The number of carbonyl (C=O) groups excluding carboxylic acids is 5. The van der Waals surface area contributed by atoms with Crippen LogP contribution in [0.1, 0.15) is 46.1 Å². The van der Waals surface area contributed by atoms with Crippen LogP contribution in [0.25, 0.3) is 10.9 Å². The van der Waals surface area contributed by atoms with Crippen molar-refractivity contribution in [1.29, 1.82) is 5.41 Å². The minimum atomic E-state index is -0.618. The van der Waals surface area contributed by atoms with Crippen molar-refractivity contribution in [3.8, 4) is 0 Å². The second-order valence-corrected chi connectivity index (χ2v) is 8.90. The summed E-state index contributed by atoms with van der Waals surface area (Å²) in [5.41, 5.74) is 2.04. The van der Waals surface area contributed by atoms with Crippen molar-refractivity contribution in [2.24, 2.45) is 7.05 Å². The summed E-state index contributed by atoms with van der Waals surface area (Å²) >= 11 is 0. The summed E-state index contributed by atoms with van der Waals surface area (Å²) in [5.74, 6) is -1.71. The van der Waals surface area contributed by atoms with Gasteiger partial charge in [0.25, 0.3) is 0 Å². The molecule has 0 unspecified atom stereocenters. The van der Waals surface area contributed by atoms with Crippen LogP contribution in [-0.2, 0) is 35.8 Å². The van der Waals surface area contributed by atoms with E-state index < -0.39 is 23.4 Å². The Morgan fingerprint density at radius 3 is 2.13 bits per heavy atom. The van der Waals surface area contributed by atoms with Crippen LogP contribution in [0.2, 0.25) is 0 Å². The first-order chi connectivity index (χ1) is 17.3. The summed E-state index contributed by atoms with van der Waals surface area (Å²) in [4.78, 5) is 53.5. The SMILES string of the molecule is CC(C)(C)OC(=O)CNC(=O)CNC(=O)CN[C-]=O.CCCC(=O)C=N.Cc1cn(C)c2ccccc12.[Fm]. The molecule has 0 radical (unpaired) electrons. The number of ketones is 1. The van der Waals surface area contributed by atoms with Gasteiger partial charge in [0.15, 0.2) is 5.78 Å². The minimum Gasteiger partial charge on any atom is -0.522 e. The number of carbonyl (C=O) groups is 4. The number of nitrogens with zero attached hydrogens (tertiary/aromatic N) is 1. The van der Waals surface area contributed by atoms with Gasteiger partial charge in [-0.1, -0.05) is 25.1 Å². The largest absolute Gasteiger partial charge is 0.522 e. The van der Waals surface area contributed by atoms with Crippen LogP contribution in [0.15, 0.2) is 30.5 Å². The van der Waals surface area contributed by atoms with Crippen LogP contribution in [0.4, 0.5) is 0 Å². The topological polar surface area (TPSA) is 159 Å². The molecular formula is C26H38FmN5O6-. The molecule has 1 aromatic heterocycles. The fraction of sp³-hybridized carbons (Fsp3) is 0.462. The van der Waals surface area contributed by atoms with E-state index in [1.807, 2.05) is 12.2 Å². The molecule has 0 spiro atoms.